The molecule has 0 unspecified atom stereocenters. The van der Waals surface area contributed by atoms with Crippen LogP contribution in [0, 0.1) is 5.92 Å². The minimum atomic E-state index is 0. The minimum Gasteiger partial charge on any atom is -0.357 e. The Morgan fingerprint density at radius 3 is 2.42 bits per heavy atom. The van der Waals surface area contributed by atoms with Gasteiger partial charge in [-0.2, -0.15) is 0 Å². The first kappa shape index (κ1) is 23.5. The third-order valence-corrected chi connectivity index (χ3v) is 5.40. The quantitative estimate of drug-likeness (QED) is 0.243. The van der Waals surface area contributed by atoms with Gasteiger partial charge in [-0.3, -0.25) is 14.7 Å². The lowest BCUT2D eigenvalue weighted by atomic mass is 10.0. The lowest BCUT2D eigenvalue weighted by Crippen LogP contribution is -2.50. The number of piperazine rings is 1. The van der Waals surface area contributed by atoms with Crippen LogP contribution in [0.4, 0.5) is 0 Å². The summed E-state index contributed by atoms with van der Waals surface area (Å²) in [5.41, 5.74) is 0. The molecule has 0 spiro atoms. The van der Waals surface area contributed by atoms with Gasteiger partial charge in [0.15, 0.2) is 5.96 Å². The first-order chi connectivity index (χ1) is 12.2. The normalized spacial score (nSPS) is 19.3. The number of carbonyl (C=O) groups excluding carboxylic acids is 1. The second-order valence-electron chi connectivity index (χ2n) is 7.33. The Morgan fingerprint density at radius 1 is 1.12 bits per heavy atom. The van der Waals surface area contributed by atoms with Gasteiger partial charge < -0.3 is 15.5 Å². The van der Waals surface area contributed by atoms with Crippen LogP contribution in [0.15, 0.2) is 4.99 Å². The Bertz CT molecular complexity index is 418. The smallest absolute Gasteiger partial charge is 0.219 e. The van der Waals surface area contributed by atoms with Gasteiger partial charge in [-0.1, -0.05) is 25.7 Å². The molecule has 0 aromatic heterocycles. The number of hydrogen-bond acceptors (Lipinski definition) is 3. The van der Waals surface area contributed by atoms with Crippen LogP contribution >= 0.6 is 24.0 Å². The molecular formula is C19H38IN5O. The zero-order chi connectivity index (χ0) is 17.9. The zero-order valence-electron chi connectivity index (χ0n) is 16.6. The van der Waals surface area contributed by atoms with E-state index in [1.54, 1.807) is 6.92 Å². The molecule has 152 valence electrons. The Balaban J connectivity index is 0.00000338. The van der Waals surface area contributed by atoms with Gasteiger partial charge in [0, 0.05) is 59.3 Å². The van der Waals surface area contributed by atoms with Crippen molar-refractivity contribution in [3.63, 3.8) is 0 Å². The van der Waals surface area contributed by atoms with Crippen molar-refractivity contribution in [2.75, 3.05) is 52.4 Å². The summed E-state index contributed by atoms with van der Waals surface area (Å²) in [7, 11) is 0. The molecular weight excluding hydrogens is 441 g/mol. The molecule has 1 aliphatic heterocycles. The summed E-state index contributed by atoms with van der Waals surface area (Å²) in [5, 5.41) is 6.79. The Labute approximate surface area is 176 Å². The van der Waals surface area contributed by atoms with E-state index in [1.807, 2.05) is 4.90 Å². The molecule has 1 heterocycles. The summed E-state index contributed by atoms with van der Waals surface area (Å²) in [6, 6.07) is 0. The van der Waals surface area contributed by atoms with E-state index in [0.717, 1.165) is 64.2 Å². The van der Waals surface area contributed by atoms with E-state index in [4.69, 9.17) is 4.99 Å². The highest BCUT2D eigenvalue weighted by atomic mass is 127. The monoisotopic (exact) mass is 479 g/mol. The largest absolute Gasteiger partial charge is 0.357 e. The lowest BCUT2D eigenvalue weighted by Gasteiger charge is -2.34. The number of halogens is 1. The van der Waals surface area contributed by atoms with Crippen LogP contribution in [-0.2, 0) is 4.79 Å². The molecule has 1 aliphatic carbocycles. The molecule has 0 atom stereocenters. The van der Waals surface area contributed by atoms with Crippen LogP contribution in [0.1, 0.15) is 52.4 Å². The summed E-state index contributed by atoms with van der Waals surface area (Å²) < 4.78 is 0. The van der Waals surface area contributed by atoms with Gasteiger partial charge in [-0.05, 0) is 25.7 Å². The number of guanidine groups is 1. The van der Waals surface area contributed by atoms with Gasteiger partial charge in [0.2, 0.25) is 5.91 Å². The minimum absolute atomic E-state index is 0. The fourth-order valence-electron chi connectivity index (χ4n) is 3.83. The van der Waals surface area contributed by atoms with E-state index in [1.165, 1.54) is 38.5 Å². The van der Waals surface area contributed by atoms with Crippen molar-refractivity contribution in [1.82, 2.24) is 20.4 Å². The molecule has 2 fully saturated rings. The van der Waals surface area contributed by atoms with Crippen molar-refractivity contribution in [2.24, 2.45) is 10.9 Å². The molecule has 7 heteroatoms. The molecule has 0 aromatic rings. The van der Waals surface area contributed by atoms with Crippen molar-refractivity contribution in [3.05, 3.63) is 0 Å². The van der Waals surface area contributed by atoms with E-state index in [9.17, 15) is 4.79 Å². The number of amides is 1. The molecule has 0 bridgehead atoms. The lowest BCUT2D eigenvalue weighted by molar-refractivity contribution is -0.130. The van der Waals surface area contributed by atoms with Crippen LogP contribution in [0.2, 0.25) is 0 Å². The summed E-state index contributed by atoms with van der Waals surface area (Å²) in [5.74, 6) is 2.09. The molecule has 6 nitrogen and oxygen atoms in total. The van der Waals surface area contributed by atoms with Crippen molar-refractivity contribution < 1.29 is 4.79 Å². The predicted octanol–water partition coefficient (Wildman–Crippen LogP) is 2.29. The number of hydrogen-bond donors (Lipinski definition) is 2. The SMILES string of the molecule is CCNC(=NCCCC1CCCC1)NCCN1CCN(C(C)=O)CC1.I. The number of nitrogens with one attached hydrogen (secondary N) is 2. The fourth-order valence-corrected chi connectivity index (χ4v) is 3.83. The first-order valence-corrected chi connectivity index (χ1v) is 10.2. The van der Waals surface area contributed by atoms with Crippen LogP contribution in [0.5, 0.6) is 0 Å². The Kier molecular flexibility index (Phi) is 12.3. The molecule has 2 rings (SSSR count). The number of nitrogens with zero attached hydrogens (tertiary/aromatic N) is 3. The van der Waals surface area contributed by atoms with Gasteiger partial charge in [-0.25, -0.2) is 0 Å². The number of aliphatic imine (C=N–C) groups is 1. The van der Waals surface area contributed by atoms with Crippen LogP contribution in [0.25, 0.3) is 0 Å². The van der Waals surface area contributed by atoms with E-state index in [-0.39, 0.29) is 29.9 Å². The second-order valence-corrected chi connectivity index (χ2v) is 7.33. The Morgan fingerprint density at radius 2 is 1.81 bits per heavy atom. The van der Waals surface area contributed by atoms with Crippen LogP contribution in [0.3, 0.4) is 0 Å². The maximum Gasteiger partial charge on any atom is 0.219 e. The summed E-state index contributed by atoms with van der Waals surface area (Å²) in [6.07, 6.45) is 8.26. The van der Waals surface area contributed by atoms with E-state index in [2.05, 4.69) is 22.5 Å². The molecule has 1 saturated carbocycles. The molecule has 1 saturated heterocycles. The first-order valence-electron chi connectivity index (χ1n) is 10.2. The van der Waals surface area contributed by atoms with Gasteiger partial charge in [-0.15, -0.1) is 24.0 Å². The number of carbonyl (C=O) groups is 1. The Hall–Kier alpha value is -0.570. The zero-order valence-corrected chi connectivity index (χ0v) is 19.0. The highest BCUT2D eigenvalue weighted by Gasteiger charge is 2.18. The van der Waals surface area contributed by atoms with E-state index < -0.39 is 0 Å². The third-order valence-electron chi connectivity index (χ3n) is 5.40. The van der Waals surface area contributed by atoms with Crippen molar-refractivity contribution in [1.29, 1.82) is 0 Å². The highest BCUT2D eigenvalue weighted by Crippen LogP contribution is 2.28. The van der Waals surface area contributed by atoms with Crippen LogP contribution in [-0.4, -0.2) is 74.0 Å². The van der Waals surface area contributed by atoms with Crippen LogP contribution < -0.4 is 10.6 Å². The van der Waals surface area contributed by atoms with Crippen molar-refractivity contribution in [2.45, 2.75) is 52.4 Å². The topological polar surface area (TPSA) is 60.0 Å². The molecule has 26 heavy (non-hydrogen) atoms. The summed E-state index contributed by atoms with van der Waals surface area (Å²) in [6.45, 7) is 11.1. The number of rotatable bonds is 8. The summed E-state index contributed by atoms with van der Waals surface area (Å²) >= 11 is 0. The summed E-state index contributed by atoms with van der Waals surface area (Å²) in [4.78, 5) is 20.4. The van der Waals surface area contributed by atoms with Gasteiger partial charge in [0.1, 0.15) is 0 Å². The van der Waals surface area contributed by atoms with Gasteiger partial charge in [0.25, 0.3) is 0 Å². The third kappa shape index (κ3) is 8.88. The standard InChI is InChI=1S/C19H37N5O.HI/c1-3-20-19(21-10-6-9-18-7-4-5-8-18)22-11-12-23-13-15-24(16-14-23)17(2)25;/h18H,3-16H2,1-2H3,(H2,20,21,22);1H. The second kappa shape index (κ2) is 13.6. The van der Waals surface area contributed by atoms with E-state index >= 15 is 0 Å². The molecule has 0 radical (unpaired) electrons. The van der Waals surface area contributed by atoms with Crippen molar-refractivity contribution >= 4 is 35.8 Å². The molecule has 2 aliphatic rings. The van der Waals surface area contributed by atoms with Crippen molar-refractivity contribution in [3.8, 4) is 0 Å². The maximum atomic E-state index is 11.4. The average Bonchev–Trinajstić information content (AvgIpc) is 3.12. The maximum absolute atomic E-state index is 11.4. The molecule has 0 aromatic carbocycles. The van der Waals surface area contributed by atoms with E-state index in [0.29, 0.717) is 0 Å². The predicted molar refractivity (Wildman–Crippen MR) is 119 cm³/mol. The van der Waals surface area contributed by atoms with Gasteiger partial charge in [0.05, 0.1) is 0 Å². The average molecular weight is 479 g/mol. The molecule has 2 N–H and O–H groups in total. The fraction of sp³-hybridized carbons (Fsp3) is 0.895. The molecule has 1 amide bonds. The highest BCUT2D eigenvalue weighted by molar-refractivity contribution is 14.0. The van der Waals surface area contributed by atoms with Gasteiger partial charge >= 0.3 is 0 Å².